The van der Waals surface area contributed by atoms with Crippen molar-refractivity contribution >= 4 is 28.2 Å². The van der Waals surface area contributed by atoms with Gasteiger partial charge in [0.25, 0.3) is 11.5 Å². The van der Waals surface area contributed by atoms with Crippen LogP contribution in [0.25, 0.3) is 38.9 Å². The summed E-state index contributed by atoms with van der Waals surface area (Å²) in [5.41, 5.74) is 14.1. The van der Waals surface area contributed by atoms with Crippen LogP contribution in [0.3, 0.4) is 0 Å². The van der Waals surface area contributed by atoms with E-state index in [4.69, 9.17) is 16.1 Å². The Balaban J connectivity index is 1.47. The van der Waals surface area contributed by atoms with Gasteiger partial charge in [-0.05, 0) is 47.9 Å². The third kappa shape index (κ3) is 4.33. The summed E-state index contributed by atoms with van der Waals surface area (Å²) in [5.74, 6) is 5.74. The van der Waals surface area contributed by atoms with Crippen molar-refractivity contribution in [1.29, 1.82) is 0 Å². The van der Waals surface area contributed by atoms with Crippen molar-refractivity contribution in [2.45, 2.75) is 6.92 Å². The van der Waals surface area contributed by atoms with Crippen LogP contribution >= 0.6 is 0 Å². The summed E-state index contributed by atoms with van der Waals surface area (Å²) >= 11 is 0. The number of aryl methyl sites for hydroxylation is 3. The highest BCUT2D eigenvalue weighted by Gasteiger charge is 2.18. The molecule has 6 N–H and O–H groups in total. The molecule has 0 saturated carbocycles. The summed E-state index contributed by atoms with van der Waals surface area (Å²) in [7, 11) is 3.39. The lowest BCUT2D eigenvalue weighted by Crippen LogP contribution is -2.21. The maximum absolute atomic E-state index is 13.3. The SMILES string of the molecule is Cc1on(C)c(=O)c1-c1ccc(-c2ccc3c(c2)c(C(=O)Nc2cccc(/C(=C/N)NN)c2)nn3C)cc1. The highest BCUT2D eigenvalue weighted by Crippen LogP contribution is 2.29. The Labute approximate surface area is 218 Å². The van der Waals surface area contributed by atoms with E-state index in [-0.39, 0.29) is 11.5 Å². The van der Waals surface area contributed by atoms with Gasteiger partial charge in [0.2, 0.25) is 0 Å². The quantitative estimate of drug-likeness (QED) is 0.202. The number of nitrogens with one attached hydrogen (secondary N) is 2. The molecule has 2 heterocycles. The van der Waals surface area contributed by atoms with Gasteiger partial charge in [-0.25, -0.2) is 0 Å². The van der Waals surface area contributed by atoms with Crippen LogP contribution in [0.2, 0.25) is 0 Å². The third-order valence-electron chi connectivity index (χ3n) is 6.45. The molecule has 1 amide bonds. The minimum atomic E-state index is -0.342. The largest absolute Gasteiger partial charge is 0.403 e. The van der Waals surface area contributed by atoms with E-state index in [0.29, 0.717) is 33.8 Å². The van der Waals surface area contributed by atoms with E-state index in [9.17, 15) is 9.59 Å². The summed E-state index contributed by atoms with van der Waals surface area (Å²) in [6.07, 6.45) is 1.36. The van der Waals surface area contributed by atoms with Gasteiger partial charge in [0, 0.05) is 36.9 Å². The summed E-state index contributed by atoms with van der Waals surface area (Å²) in [4.78, 5) is 25.7. The molecule has 10 nitrogen and oxygen atoms in total. The smallest absolute Gasteiger partial charge is 0.290 e. The number of aromatic nitrogens is 3. The van der Waals surface area contributed by atoms with Crippen LogP contribution in [-0.4, -0.2) is 20.4 Å². The summed E-state index contributed by atoms with van der Waals surface area (Å²) < 4.78 is 8.31. The van der Waals surface area contributed by atoms with Crippen LogP contribution in [0.4, 0.5) is 5.69 Å². The van der Waals surface area contributed by atoms with Crippen molar-refractivity contribution in [1.82, 2.24) is 19.9 Å². The van der Waals surface area contributed by atoms with Crippen molar-refractivity contribution in [2.24, 2.45) is 25.7 Å². The fraction of sp³-hybridized carbons (Fsp3) is 0.107. The Kier molecular flexibility index (Phi) is 6.31. The van der Waals surface area contributed by atoms with Gasteiger partial charge in [0.1, 0.15) is 5.76 Å². The predicted octanol–water partition coefficient (Wildman–Crippen LogP) is 3.48. The molecule has 0 saturated heterocycles. The minimum absolute atomic E-state index is 0.178. The molecule has 0 aliphatic carbocycles. The number of carbonyl (C=O) groups is 1. The molecule has 0 spiro atoms. The van der Waals surface area contributed by atoms with Crippen LogP contribution in [-0.2, 0) is 14.1 Å². The fourth-order valence-electron chi connectivity index (χ4n) is 4.55. The number of benzene rings is 3. The van der Waals surface area contributed by atoms with Crippen molar-refractivity contribution in [3.05, 3.63) is 100 Å². The number of hydrogen-bond acceptors (Lipinski definition) is 7. The van der Waals surface area contributed by atoms with E-state index in [0.717, 1.165) is 27.8 Å². The molecule has 10 heteroatoms. The van der Waals surface area contributed by atoms with Crippen molar-refractivity contribution in [3.8, 4) is 22.3 Å². The Morgan fingerprint density at radius 2 is 1.71 bits per heavy atom. The molecule has 0 fully saturated rings. The van der Waals surface area contributed by atoms with Crippen LogP contribution in [0.5, 0.6) is 0 Å². The molecule has 5 rings (SSSR count). The average Bonchev–Trinajstić information content (AvgIpc) is 3.39. The normalized spacial score (nSPS) is 11.6. The number of fused-ring (bicyclic) bond motifs is 1. The Morgan fingerprint density at radius 3 is 2.37 bits per heavy atom. The van der Waals surface area contributed by atoms with Gasteiger partial charge >= 0.3 is 0 Å². The van der Waals surface area contributed by atoms with E-state index in [1.54, 1.807) is 43.9 Å². The third-order valence-corrected chi connectivity index (χ3v) is 6.45. The van der Waals surface area contributed by atoms with E-state index in [2.05, 4.69) is 15.8 Å². The second-order valence-electron chi connectivity index (χ2n) is 8.87. The number of carbonyl (C=O) groups excluding carboxylic acids is 1. The average molecular weight is 510 g/mol. The number of nitrogens with two attached hydrogens (primary N) is 2. The second kappa shape index (κ2) is 9.75. The highest BCUT2D eigenvalue weighted by atomic mass is 16.5. The predicted molar refractivity (Wildman–Crippen MR) is 148 cm³/mol. The van der Waals surface area contributed by atoms with Crippen molar-refractivity contribution in [2.75, 3.05) is 5.32 Å². The Morgan fingerprint density at radius 1 is 1.00 bits per heavy atom. The first-order valence-corrected chi connectivity index (χ1v) is 11.9. The van der Waals surface area contributed by atoms with Gasteiger partial charge < -0.3 is 21.0 Å². The van der Waals surface area contributed by atoms with Gasteiger partial charge in [-0.1, -0.05) is 42.5 Å². The van der Waals surface area contributed by atoms with Gasteiger partial charge in [0.15, 0.2) is 5.69 Å². The Hall–Kier alpha value is -5.09. The number of amides is 1. The molecule has 2 aromatic heterocycles. The molecule has 3 aromatic carbocycles. The van der Waals surface area contributed by atoms with Gasteiger partial charge in [-0.2, -0.15) is 9.84 Å². The van der Waals surface area contributed by atoms with Crippen molar-refractivity contribution in [3.63, 3.8) is 0 Å². The zero-order valence-corrected chi connectivity index (χ0v) is 21.1. The lowest BCUT2D eigenvalue weighted by Gasteiger charge is -2.09. The van der Waals surface area contributed by atoms with Crippen molar-refractivity contribution < 1.29 is 9.32 Å². The molecule has 0 bridgehead atoms. The van der Waals surface area contributed by atoms with Gasteiger partial charge in [-0.3, -0.25) is 20.1 Å². The summed E-state index contributed by atoms with van der Waals surface area (Å²) in [5, 5.41) is 8.11. The molecule has 38 heavy (non-hydrogen) atoms. The molecular weight excluding hydrogens is 482 g/mol. The number of rotatable bonds is 6. The molecule has 0 atom stereocenters. The van der Waals surface area contributed by atoms with E-state index in [1.165, 1.54) is 10.9 Å². The standard InChI is InChI=1S/C28H27N7O3/c1-16-25(28(37)35(3)38-16)18-9-7-17(8-10-18)19-11-12-24-22(14-19)26(33-34(24)2)27(36)31-21-6-4-5-20(13-21)23(15-29)32-30/h4-15,32H,29-30H2,1-3H3,(H,31,36)/b23-15-. The second-order valence-corrected chi connectivity index (χ2v) is 8.87. The molecule has 0 radical (unpaired) electrons. The van der Waals surface area contributed by atoms with Crippen LogP contribution in [0.1, 0.15) is 21.8 Å². The fourth-order valence-corrected chi connectivity index (χ4v) is 4.55. The van der Waals surface area contributed by atoms with Crippen LogP contribution in [0.15, 0.2) is 82.2 Å². The molecular formula is C28H27N7O3. The minimum Gasteiger partial charge on any atom is -0.403 e. The highest BCUT2D eigenvalue weighted by molar-refractivity contribution is 6.12. The lowest BCUT2D eigenvalue weighted by atomic mass is 9.99. The first-order valence-electron chi connectivity index (χ1n) is 11.9. The zero-order chi connectivity index (χ0) is 27.0. The maximum atomic E-state index is 13.3. The van der Waals surface area contributed by atoms with Crippen LogP contribution < -0.4 is 27.9 Å². The molecule has 0 aliphatic heterocycles. The topological polar surface area (TPSA) is 146 Å². The number of nitrogens with zero attached hydrogens (tertiary/aromatic N) is 3. The maximum Gasteiger partial charge on any atom is 0.290 e. The molecule has 0 unspecified atom stereocenters. The van der Waals surface area contributed by atoms with Gasteiger partial charge in [0.05, 0.1) is 16.8 Å². The Bertz CT molecular complexity index is 1760. The first-order chi connectivity index (χ1) is 18.3. The monoisotopic (exact) mass is 509 g/mol. The summed E-state index contributed by atoms with van der Waals surface area (Å²) in [6.45, 7) is 1.77. The molecule has 5 aromatic rings. The van der Waals surface area contributed by atoms with E-state index in [1.807, 2.05) is 48.5 Å². The van der Waals surface area contributed by atoms with E-state index >= 15 is 0 Å². The number of anilines is 1. The summed E-state index contributed by atoms with van der Waals surface area (Å²) in [6, 6.07) is 20.7. The van der Waals surface area contributed by atoms with Gasteiger partial charge in [-0.15, -0.1) is 0 Å². The first kappa shape index (κ1) is 24.6. The number of hydrazine groups is 1. The molecule has 0 aliphatic rings. The lowest BCUT2D eigenvalue weighted by molar-refractivity contribution is 0.102. The zero-order valence-electron chi connectivity index (χ0n) is 21.1. The van der Waals surface area contributed by atoms with E-state index < -0.39 is 0 Å². The molecule has 192 valence electrons. The van der Waals surface area contributed by atoms with Crippen LogP contribution in [0, 0.1) is 6.92 Å². The number of hydrogen-bond donors (Lipinski definition) is 4.